The topological polar surface area (TPSA) is 52.6 Å². The Morgan fingerprint density at radius 2 is 0.882 bits per heavy atom. The maximum Gasteiger partial charge on any atom is 0.305 e. The average Bonchev–Trinajstić information content (AvgIpc) is 2.78. The van der Waals surface area contributed by atoms with Gasteiger partial charge in [-0.05, 0) is 43.4 Å². The van der Waals surface area contributed by atoms with Crippen LogP contribution in [-0.2, 0) is 19.1 Å². The van der Waals surface area contributed by atoms with Crippen molar-refractivity contribution in [3.63, 3.8) is 0 Å². The predicted molar refractivity (Wildman–Crippen MR) is 144 cm³/mol. The molecule has 0 rings (SSSR count). The molecule has 0 aromatic carbocycles. The minimum atomic E-state index is -0.0274. The van der Waals surface area contributed by atoms with Crippen LogP contribution in [-0.4, -0.2) is 25.2 Å². The number of hydrogen-bond donors (Lipinski definition) is 0. The van der Waals surface area contributed by atoms with Gasteiger partial charge in [-0.1, -0.05) is 112 Å². The van der Waals surface area contributed by atoms with Gasteiger partial charge in [0.15, 0.2) is 0 Å². The number of carbonyl (C=O) groups excluding carboxylic acids is 2. The number of carbonyl (C=O) groups is 2. The van der Waals surface area contributed by atoms with E-state index in [4.69, 9.17) is 9.47 Å². The molecular weight excluding hydrogens is 424 g/mol. The largest absolute Gasteiger partial charge is 0.466 e. The van der Waals surface area contributed by atoms with Crippen LogP contribution in [0.1, 0.15) is 150 Å². The third-order valence-corrected chi connectivity index (χ3v) is 6.55. The summed E-state index contributed by atoms with van der Waals surface area (Å²) in [5, 5.41) is 0. The molecule has 0 aliphatic carbocycles. The lowest BCUT2D eigenvalue weighted by atomic mass is 9.97. The molecule has 0 bridgehead atoms. The van der Waals surface area contributed by atoms with Crippen molar-refractivity contribution >= 4 is 11.9 Å². The fourth-order valence-corrected chi connectivity index (χ4v) is 4.16. The molecule has 1 unspecified atom stereocenters. The Hall–Kier alpha value is -1.06. The summed E-state index contributed by atoms with van der Waals surface area (Å²) in [6.45, 7) is 12.4. The van der Waals surface area contributed by atoms with Crippen LogP contribution in [0.2, 0.25) is 0 Å². The first-order valence-corrected chi connectivity index (χ1v) is 14.6. The molecule has 1 atom stereocenters. The van der Waals surface area contributed by atoms with Crippen LogP contribution in [0.15, 0.2) is 0 Å². The van der Waals surface area contributed by atoms with Gasteiger partial charge < -0.3 is 9.47 Å². The van der Waals surface area contributed by atoms with Gasteiger partial charge in [0.25, 0.3) is 0 Å². The summed E-state index contributed by atoms with van der Waals surface area (Å²) in [4.78, 5) is 23.7. The van der Waals surface area contributed by atoms with E-state index < -0.39 is 0 Å². The average molecular weight is 483 g/mol. The van der Waals surface area contributed by atoms with Gasteiger partial charge in [-0.2, -0.15) is 0 Å². The van der Waals surface area contributed by atoms with Crippen molar-refractivity contribution in [1.82, 2.24) is 0 Å². The van der Waals surface area contributed by atoms with Gasteiger partial charge in [0, 0.05) is 12.8 Å². The minimum absolute atomic E-state index is 0.0256. The molecule has 0 N–H and O–H groups in total. The summed E-state index contributed by atoms with van der Waals surface area (Å²) in [5.41, 5.74) is 0. The Morgan fingerprint density at radius 1 is 0.471 bits per heavy atom. The molecule has 34 heavy (non-hydrogen) atoms. The van der Waals surface area contributed by atoms with E-state index in [1.165, 1.54) is 57.8 Å². The smallest absolute Gasteiger partial charge is 0.305 e. The molecule has 0 radical (unpaired) electrons. The molecule has 0 saturated carbocycles. The van der Waals surface area contributed by atoms with Gasteiger partial charge in [-0.3, -0.25) is 9.59 Å². The number of ether oxygens (including phenoxy) is 2. The zero-order valence-electron chi connectivity index (χ0n) is 23.5. The fraction of sp³-hybridized carbons (Fsp3) is 0.933. The Bertz CT molecular complexity index is 472. The van der Waals surface area contributed by atoms with Crippen molar-refractivity contribution in [2.75, 3.05) is 13.2 Å². The minimum Gasteiger partial charge on any atom is -0.466 e. The first-order valence-electron chi connectivity index (χ1n) is 14.6. The van der Waals surface area contributed by atoms with Gasteiger partial charge in [0.2, 0.25) is 0 Å². The van der Waals surface area contributed by atoms with E-state index in [1.807, 2.05) is 0 Å². The van der Waals surface area contributed by atoms with Gasteiger partial charge >= 0.3 is 11.9 Å². The highest BCUT2D eigenvalue weighted by atomic mass is 16.5. The molecule has 0 heterocycles. The molecule has 0 amide bonds. The number of unbranched alkanes of at least 4 members (excludes halogenated alkanes) is 9. The molecule has 4 nitrogen and oxygen atoms in total. The third-order valence-electron chi connectivity index (χ3n) is 6.55. The molecule has 0 fully saturated rings. The fourth-order valence-electron chi connectivity index (χ4n) is 4.16. The van der Waals surface area contributed by atoms with E-state index in [0.29, 0.717) is 32.0 Å². The molecule has 4 heteroatoms. The second kappa shape index (κ2) is 23.7. The van der Waals surface area contributed by atoms with Crippen molar-refractivity contribution in [3.8, 4) is 0 Å². The highest BCUT2D eigenvalue weighted by molar-refractivity contribution is 5.69. The second-order valence-electron chi connectivity index (χ2n) is 11.2. The van der Waals surface area contributed by atoms with E-state index in [9.17, 15) is 9.59 Å². The first-order chi connectivity index (χ1) is 16.3. The van der Waals surface area contributed by atoms with E-state index in [0.717, 1.165) is 56.8 Å². The highest BCUT2D eigenvalue weighted by Gasteiger charge is 2.08. The Morgan fingerprint density at radius 3 is 1.41 bits per heavy atom. The zero-order valence-corrected chi connectivity index (χ0v) is 23.5. The Kier molecular flexibility index (Phi) is 22.9. The van der Waals surface area contributed by atoms with Crippen LogP contribution >= 0.6 is 0 Å². The highest BCUT2D eigenvalue weighted by Crippen LogP contribution is 2.17. The number of rotatable bonds is 24. The molecule has 0 aliphatic heterocycles. The van der Waals surface area contributed by atoms with Crippen LogP contribution < -0.4 is 0 Å². The van der Waals surface area contributed by atoms with Crippen LogP contribution in [0.25, 0.3) is 0 Å². The van der Waals surface area contributed by atoms with Crippen molar-refractivity contribution < 1.29 is 19.1 Å². The van der Waals surface area contributed by atoms with E-state index >= 15 is 0 Å². The molecule has 0 aliphatic rings. The van der Waals surface area contributed by atoms with Crippen molar-refractivity contribution in [2.45, 2.75) is 150 Å². The van der Waals surface area contributed by atoms with Gasteiger partial charge in [0.1, 0.15) is 0 Å². The van der Waals surface area contributed by atoms with E-state index in [1.54, 1.807) is 0 Å². The monoisotopic (exact) mass is 482 g/mol. The van der Waals surface area contributed by atoms with Crippen molar-refractivity contribution in [1.29, 1.82) is 0 Å². The zero-order chi connectivity index (χ0) is 25.4. The lowest BCUT2D eigenvalue weighted by Crippen LogP contribution is -2.08. The number of hydrogen-bond acceptors (Lipinski definition) is 4. The van der Waals surface area contributed by atoms with Crippen molar-refractivity contribution in [2.24, 2.45) is 17.8 Å². The molecule has 202 valence electrons. The predicted octanol–water partition coefficient (Wildman–Crippen LogP) is 9.04. The summed E-state index contributed by atoms with van der Waals surface area (Å²) < 4.78 is 10.7. The number of esters is 2. The van der Waals surface area contributed by atoms with E-state index in [-0.39, 0.29) is 11.9 Å². The van der Waals surface area contributed by atoms with Crippen LogP contribution in [0.4, 0.5) is 0 Å². The van der Waals surface area contributed by atoms with Crippen LogP contribution in [0.5, 0.6) is 0 Å². The molecule has 0 saturated heterocycles. The molecule has 0 aromatic heterocycles. The summed E-state index contributed by atoms with van der Waals surface area (Å²) >= 11 is 0. The quantitative estimate of drug-likeness (QED) is 0.102. The third kappa shape index (κ3) is 25.6. The summed E-state index contributed by atoms with van der Waals surface area (Å²) in [6.07, 6.45) is 19.5. The van der Waals surface area contributed by atoms with Gasteiger partial charge in [-0.25, -0.2) is 0 Å². The van der Waals surface area contributed by atoms with E-state index in [2.05, 4.69) is 34.6 Å². The first kappa shape index (κ1) is 32.9. The summed E-state index contributed by atoms with van der Waals surface area (Å²) in [7, 11) is 0. The maximum atomic E-state index is 11.9. The molecule has 0 spiro atoms. The van der Waals surface area contributed by atoms with Gasteiger partial charge in [0.05, 0.1) is 13.2 Å². The molecule has 0 aromatic rings. The van der Waals surface area contributed by atoms with Gasteiger partial charge in [-0.15, -0.1) is 0 Å². The maximum absolute atomic E-state index is 11.9. The lowest BCUT2D eigenvalue weighted by Gasteiger charge is -2.11. The van der Waals surface area contributed by atoms with Crippen LogP contribution in [0, 0.1) is 17.8 Å². The summed E-state index contributed by atoms with van der Waals surface area (Å²) in [6, 6.07) is 0. The lowest BCUT2D eigenvalue weighted by molar-refractivity contribution is -0.144. The second-order valence-corrected chi connectivity index (χ2v) is 11.2. The summed E-state index contributed by atoms with van der Waals surface area (Å²) in [5.74, 6) is 2.06. The van der Waals surface area contributed by atoms with Crippen LogP contribution in [0.3, 0.4) is 0 Å². The SMILES string of the molecule is CC(C)CCCCCOC(=O)CCCCCCCCC(C)CCC(=O)OCCCCCC(C)C. The molecular formula is C30H58O4. The Balaban J connectivity index is 3.40. The normalized spacial score (nSPS) is 12.3. The van der Waals surface area contributed by atoms with Crippen molar-refractivity contribution in [3.05, 3.63) is 0 Å². The Labute approximate surface area is 212 Å². The standard InChI is InChI=1S/C30H58O4/c1-26(2)18-12-10-16-24-33-29(31)21-15-9-7-6-8-14-20-28(5)22-23-30(32)34-25-17-11-13-19-27(3)4/h26-28H,6-25H2,1-5H3.